The van der Waals surface area contributed by atoms with Crippen molar-refractivity contribution in [2.75, 3.05) is 13.6 Å². The van der Waals surface area contributed by atoms with Crippen LogP contribution in [0.2, 0.25) is 0 Å². The van der Waals surface area contributed by atoms with Gasteiger partial charge in [-0.25, -0.2) is 0 Å². The van der Waals surface area contributed by atoms with E-state index in [2.05, 4.69) is 40.2 Å². The molecule has 1 saturated carbocycles. The number of nitrogens with one attached hydrogen (secondary N) is 3. The summed E-state index contributed by atoms with van der Waals surface area (Å²) >= 11 is 0. The Morgan fingerprint density at radius 2 is 1.50 bits per heavy atom. The van der Waals surface area contributed by atoms with Crippen molar-refractivity contribution in [3.8, 4) is 0 Å². The highest BCUT2D eigenvalue weighted by atomic mass is 16.2. The van der Waals surface area contributed by atoms with Gasteiger partial charge in [0.1, 0.15) is 12.1 Å². The molecule has 1 aromatic rings. The summed E-state index contributed by atoms with van der Waals surface area (Å²) in [5.74, 6) is -1.43. The van der Waals surface area contributed by atoms with Crippen molar-refractivity contribution in [2.24, 2.45) is 17.6 Å². The Morgan fingerprint density at radius 1 is 0.900 bits per heavy atom. The van der Waals surface area contributed by atoms with Crippen molar-refractivity contribution in [3.05, 3.63) is 35.4 Å². The van der Waals surface area contributed by atoms with Crippen LogP contribution in [0, 0.1) is 11.8 Å². The van der Waals surface area contributed by atoms with Gasteiger partial charge in [-0.15, -0.1) is 0 Å². The molecule has 1 heterocycles. The van der Waals surface area contributed by atoms with E-state index in [0.717, 1.165) is 32.1 Å². The van der Waals surface area contributed by atoms with E-state index in [1.54, 1.807) is 38.9 Å². The molecule has 4 amide bonds. The monoisotopic (exact) mass is 555 g/mol. The summed E-state index contributed by atoms with van der Waals surface area (Å²) in [6.07, 6.45) is 10.5. The molecule has 0 radical (unpaired) electrons. The first-order valence-corrected chi connectivity index (χ1v) is 15.1. The quantitative estimate of drug-likeness (QED) is 0.391. The van der Waals surface area contributed by atoms with Crippen molar-refractivity contribution in [1.29, 1.82) is 0 Å². The molecule has 9 nitrogen and oxygen atoms in total. The zero-order chi connectivity index (χ0) is 29.2. The van der Waals surface area contributed by atoms with E-state index in [1.165, 1.54) is 30.6 Å². The van der Waals surface area contributed by atoms with E-state index >= 15 is 0 Å². The number of likely N-dealkylation sites (N-methyl/N-ethyl adjacent to an activating group) is 1. The van der Waals surface area contributed by atoms with E-state index in [-0.39, 0.29) is 48.6 Å². The normalized spacial score (nSPS) is 22.4. The minimum absolute atomic E-state index is 0.0251. The van der Waals surface area contributed by atoms with Gasteiger partial charge in [0, 0.05) is 18.5 Å². The van der Waals surface area contributed by atoms with Crippen LogP contribution >= 0.6 is 0 Å². The first-order valence-electron chi connectivity index (χ1n) is 15.1. The van der Waals surface area contributed by atoms with Crippen LogP contribution in [-0.4, -0.2) is 66.3 Å². The van der Waals surface area contributed by atoms with Crippen LogP contribution in [-0.2, 0) is 32.0 Å². The summed E-state index contributed by atoms with van der Waals surface area (Å²) in [6.45, 7) is 5.52. The first-order chi connectivity index (χ1) is 19.1. The molecule has 3 aliphatic rings. The summed E-state index contributed by atoms with van der Waals surface area (Å²) in [7, 11) is 1.69. The Hall–Kier alpha value is -2.94. The van der Waals surface area contributed by atoms with Crippen LogP contribution in [0.15, 0.2) is 24.3 Å². The number of rotatable bonds is 8. The zero-order valence-electron chi connectivity index (χ0n) is 24.7. The lowest BCUT2D eigenvalue weighted by Crippen LogP contribution is -2.58. The maximum Gasteiger partial charge on any atom is 0.246 e. The molecule has 5 N–H and O–H groups in total. The number of benzene rings is 1. The van der Waals surface area contributed by atoms with Gasteiger partial charge in [0.2, 0.25) is 23.6 Å². The number of nitrogens with zero attached hydrogens (tertiary/aromatic N) is 1. The zero-order valence-corrected chi connectivity index (χ0v) is 24.7. The van der Waals surface area contributed by atoms with Crippen molar-refractivity contribution in [2.45, 2.75) is 109 Å². The molecule has 1 aromatic carbocycles. The summed E-state index contributed by atoms with van der Waals surface area (Å²) in [4.78, 5) is 51.7. The first kappa shape index (κ1) is 31.6. The van der Waals surface area contributed by atoms with Gasteiger partial charge in [0.15, 0.2) is 0 Å². The second-order valence-corrected chi connectivity index (χ2v) is 11.9. The summed E-state index contributed by atoms with van der Waals surface area (Å²) in [6, 6.07) is 6.54. The SMILES string of the molecule is CN[C@@H](C)C(=O)NC(C(=O)N1CC(NC(=O)C(C)C)CC1C(N)=O)C1CCCCC1.c1ccc2c(c1)CCCC2. The molecule has 222 valence electrons. The van der Waals surface area contributed by atoms with Crippen molar-refractivity contribution >= 4 is 23.6 Å². The highest BCUT2D eigenvalue weighted by Gasteiger charge is 2.44. The van der Waals surface area contributed by atoms with Gasteiger partial charge in [-0.2, -0.15) is 0 Å². The average molecular weight is 556 g/mol. The van der Waals surface area contributed by atoms with E-state index in [4.69, 9.17) is 5.73 Å². The number of amides is 4. The van der Waals surface area contributed by atoms with E-state index in [9.17, 15) is 19.2 Å². The third kappa shape index (κ3) is 8.53. The number of hydrogen-bond donors (Lipinski definition) is 4. The van der Waals surface area contributed by atoms with Gasteiger partial charge >= 0.3 is 0 Å². The van der Waals surface area contributed by atoms with Gasteiger partial charge < -0.3 is 26.6 Å². The number of primary amides is 1. The third-order valence-electron chi connectivity index (χ3n) is 8.56. The summed E-state index contributed by atoms with van der Waals surface area (Å²) in [5.41, 5.74) is 8.74. The Bertz CT molecular complexity index is 998. The average Bonchev–Trinajstić information content (AvgIpc) is 3.40. The minimum Gasteiger partial charge on any atom is -0.368 e. The minimum atomic E-state index is -0.792. The molecule has 2 fully saturated rings. The third-order valence-corrected chi connectivity index (χ3v) is 8.56. The topological polar surface area (TPSA) is 134 Å². The second-order valence-electron chi connectivity index (χ2n) is 11.9. The molecule has 3 unspecified atom stereocenters. The van der Waals surface area contributed by atoms with Crippen molar-refractivity contribution in [1.82, 2.24) is 20.9 Å². The number of likely N-dealkylation sites (tertiary alicyclic amines) is 1. The molecule has 0 aromatic heterocycles. The van der Waals surface area contributed by atoms with Gasteiger partial charge in [0.05, 0.1) is 6.04 Å². The molecule has 9 heteroatoms. The van der Waals surface area contributed by atoms with Crippen LogP contribution in [0.4, 0.5) is 0 Å². The smallest absolute Gasteiger partial charge is 0.246 e. The van der Waals surface area contributed by atoms with Crippen molar-refractivity contribution < 1.29 is 19.2 Å². The summed E-state index contributed by atoms with van der Waals surface area (Å²) < 4.78 is 0. The van der Waals surface area contributed by atoms with Crippen LogP contribution < -0.4 is 21.7 Å². The Balaban J connectivity index is 0.000000364. The maximum absolute atomic E-state index is 13.5. The Morgan fingerprint density at radius 3 is 2.02 bits per heavy atom. The van der Waals surface area contributed by atoms with Crippen LogP contribution in [0.3, 0.4) is 0 Å². The van der Waals surface area contributed by atoms with Crippen LogP contribution in [0.1, 0.15) is 83.3 Å². The van der Waals surface area contributed by atoms with E-state index < -0.39 is 24.0 Å². The Kier molecular flexibility index (Phi) is 12.0. The predicted octanol–water partition coefficient (Wildman–Crippen LogP) is 2.45. The van der Waals surface area contributed by atoms with Gasteiger partial charge in [0.25, 0.3) is 0 Å². The molecule has 2 aliphatic carbocycles. The Labute approximate surface area is 239 Å². The maximum atomic E-state index is 13.5. The van der Waals surface area contributed by atoms with Gasteiger partial charge in [-0.1, -0.05) is 57.4 Å². The molecule has 0 spiro atoms. The van der Waals surface area contributed by atoms with Crippen LogP contribution in [0.5, 0.6) is 0 Å². The fourth-order valence-corrected chi connectivity index (χ4v) is 5.93. The fraction of sp³-hybridized carbons (Fsp3) is 0.677. The molecule has 1 saturated heterocycles. The van der Waals surface area contributed by atoms with Crippen molar-refractivity contribution in [3.63, 3.8) is 0 Å². The largest absolute Gasteiger partial charge is 0.368 e. The number of carbonyl (C=O) groups excluding carboxylic acids is 4. The second kappa shape index (κ2) is 15.2. The number of aryl methyl sites for hydroxylation is 2. The molecular formula is C31H49N5O4. The fourth-order valence-electron chi connectivity index (χ4n) is 5.93. The molecule has 4 rings (SSSR count). The highest BCUT2D eigenvalue weighted by Crippen LogP contribution is 2.29. The molecule has 4 atom stereocenters. The summed E-state index contributed by atoms with van der Waals surface area (Å²) in [5, 5.41) is 8.70. The van der Waals surface area contributed by atoms with Crippen LogP contribution in [0.25, 0.3) is 0 Å². The number of fused-ring (bicyclic) bond motifs is 1. The lowest BCUT2D eigenvalue weighted by atomic mass is 9.83. The standard InChI is InChI=1S/C21H37N5O4.C10H12/c1-12(2)19(28)24-15-10-16(18(22)27)26(11-15)21(30)17(14-8-6-5-7-9-14)25-20(29)13(3)23-4;1-2-6-10-8-4-3-7-9(10)5-1/h12-17,23H,5-11H2,1-4H3,(H2,22,27)(H,24,28)(H,25,29);1-2,5-6H,3-4,7-8H2/t13-,15?,16?,17?;/m0./s1. The molecule has 1 aliphatic heterocycles. The molecular weight excluding hydrogens is 506 g/mol. The van der Waals surface area contributed by atoms with E-state index in [1.807, 2.05) is 0 Å². The predicted molar refractivity (Wildman–Crippen MR) is 156 cm³/mol. The lowest BCUT2D eigenvalue weighted by molar-refractivity contribution is -0.142. The molecule has 40 heavy (non-hydrogen) atoms. The molecule has 0 bridgehead atoms. The number of nitrogens with two attached hydrogens (primary N) is 1. The van der Waals surface area contributed by atoms with Gasteiger partial charge in [-0.3, -0.25) is 19.2 Å². The van der Waals surface area contributed by atoms with E-state index in [0.29, 0.717) is 0 Å². The number of carbonyl (C=O) groups is 4. The number of hydrogen-bond acceptors (Lipinski definition) is 5. The van der Waals surface area contributed by atoms with Gasteiger partial charge in [-0.05, 0) is 76.0 Å². The highest BCUT2D eigenvalue weighted by molar-refractivity contribution is 5.93. The lowest BCUT2D eigenvalue weighted by Gasteiger charge is -2.34.